The largest absolute Gasteiger partial charge is 0.486 e. The number of ether oxygens (including phenoxy) is 2. The second-order valence-corrected chi connectivity index (χ2v) is 5.58. The van der Waals surface area contributed by atoms with Gasteiger partial charge in [0, 0.05) is 37.2 Å². The topological polar surface area (TPSA) is 102 Å². The molecule has 2 amide bonds. The average molecular weight is 345 g/mol. The van der Waals surface area contributed by atoms with Crippen molar-refractivity contribution < 1.29 is 24.2 Å². The van der Waals surface area contributed by atoms with Crippen molar-refractivity contribution in [3.8, 4) is 11.5 Å². The summed E-state index contributed by atoms with van der Waals surface area (Å²) in [7, 11) is 1.79. The van der Waals surface area contributed by atoms with Gasteiger partial charge in [-0.05, 0) is 24.3 Å². The Morgan fingerprint density at radius 3 is 2.68 bits per heavy atom. The van der Waals surface area contributed by atoms with Crippen molar-refractivity contribution in [2.45, 2.75) is 6.10 Å². The number of aliphatic hydroxyl groups excluding tert-OH is 1. The van der Waals surface area contributed by atoms with E-state index in [9.17, 15) is 14.7 Å². The molecule has 8 heteroatoms. The van der Waals surface area contributed by atoms with E-state index >= 15 is 0 Å². The molecule has 0 fully saturated rings. The van der Waals surface area contributed by atoms with Crippen LogP contribution in [0.3, 0.4) is 0 Å². The summed E-state index contributed by atoms with van der Waals surface area (Å²) in [6, 6.07) is 8.41. The summed E-state index contributed by atoms with van der Waals surface area (Å²) in [6.07, 6.45) is 0.889. The summed E-state index contributed by atoms with van der Waals surface area (Å²) in [5.41, 5.74) is 1.07. The summed E-state index contributed by atoms with van der Waals surface area (Å²) in [5, 5.41) is 14.9. The summed E-state index contributed by atoms with van der Waals surface area (Å²) in [5.74, 6) is -0.540. The van der Waals surface area contributed by atoms with Crippen LogP contribution in [0.2, 0.25) is 0 Å². The van der Waals surface area contributed by atoms with E-state index in [1.807, 2.05) is 0 Å². The van der Waals surface area contributed by atoms with Crippen molar-refractivity contribution in [2.75, 3.05) is 25.1 Å². The maximum absolute atomic E-state index is 12.0. The van der Waals surface area contributed by atoms with Crippen LogP contribution in [0.15, 0.2) is 36.5 Å². The van der Waals surface area contributed by atoms with Crippen LogP contribution >= 0.6 is 0 Å². The summed E-state index contributed by atoms with van der Waals surface area (Å²) >= 11 is 0. The summed E-state index contributed by atoms with van der Waals surface area (Å²) in [4.78, 5) is 23.9. The number of nitrogens with one attached hydrogen (secondary N) is 2. The molecule has 1 atom stereocenters. The van der Waals surface area contributed by atoms with Gasteiger partial charge < -0.3 is 29.8 Å². The van der Waals surface area contributed by atoms with Gasteiger partial charge in [-0.3, -0.25) is 9.59 Å². The lowest BCUT2D eigenvalue weighted by molar-refractivity contribution is -0.136. The van der Waals surface area contributed by atoms with Crippen LogP contribution in [-0.4, -0.2) is 41.2 Å². The molecule has 1 aliphatic rings. The highest BCUT2D eigenvalue weighted by atomic mass is 16.6. The smallest absolute Gasteiger partial charge is 0.313 e. The van der Waals surface area contributed by atoms with E-state index in [-0.39, 0.29) is 6.54 Å². The molecule has 1 aliphatic heterocycles. The third-order valence-electron chi connectivity index (χ3n) is 3.79. The van der Waals surface area contributed by atoms with Crippen molar-refractivity contribution in [1.29, 1.82) is 0 Å². The first-order valence-electron chi connectivity index (χ1n) is 7.82. The number of aryl methyl sites for hydroxylation is 1. The van der Waals surface area contributed by atoms with Crippen molar-refractivity contribution in [3.05, 3.63) is 42.2 Å². The molecule has 0 aliphatic carbocycles. The predicted molar refractivity (Wildman–Crippen MR) is 89.4 cm³/mol. The number of aliphatic hydroxyl groups is 1. The number of fused-ring (bicyclic) bond motifs is 1. The van der Waals surface area contributed by atoms with Gasteiger partial charge in [-0.2, -0.15) is 0 Å². The van der Waals surface area contributed by atoms with Gasteiger partial charge in [-0.25, -0.2) is 0 Å². The molecule has 25 heavy (non-hydrogen) atoms. The van der Waals surface area contributed by atoms with Gasteiger partial charge in [0.25, 0.3) is 0 Å². The van der Waals surface area contributed by atoms with Crippen molar-refractivity contribution in [1.82, 2.24) is 9.88 Å². The first-order chi connectivity index (χ1) is 12.0. The van der Waals surface area contributed by atoms with E-state index in [0.717, 1.165) is 0 Å². The van der Waals surface area contributed by atoms with Crippen LogP contribution in [0.4, 0.5) is 5.69 Å². The Morgan fingerprint density at radius 2 is 1.96 bits per heavy atom. The molecule has 2 heterocycles. The Balaban J connectivity index is 1.54. The molecule has 0 radical (unpaired) electrons. The lowest BCUT2D eigenvalue weighted by atomic mass is 10.2. The van der Waals surface area contributed by atoms with Crippen LogP contribution in [0, 0.1) is 0 Å². The van der Waals surface area contributed by atoms with Gasteiger partial charge in [-0.1, -0.05) is 0 Å². The zero-order valence-corrected chi connectivity index (χ0v) is 13.7. The molecule has 2 aromatic rings. The number of carbonyl (C=O) groups is 2. The van der Waals surface area contributed by atoms with E-state index in [1.165, 1.54) is 0 Å². The minimum Gasteiger partial charge on any atom is -0.486 e. The third kappa shape index (κ3) is 3.92. The van der Waals surface area contributed by atoms with Crippen LogP contribution in [-0.2, 0) is 16.6 Å². The highest BCUT2D eigenvalue weighted by molar-refractivity contribution is 6.39. The van der Waals surface area contributed by atoms with Crippen LogP contribution < -0.4 is 20.1 Å². The molecule has 0 unspecified atom stereocenters. The molecule has 3 N–H and O–H groups in total. The number of carbonyl (C=O) groups excluding carboxylic acids is 2. The minimum atomic E-state index is -0.897. The number of anilines is 1. The number of amides is 2. The Bertz CT molecular complexity index is 786. The number of hydrogen-bond acceptors (Lipinski definition) is 5. The Morgan fingerprint density at radius 1 is 1.20 bits per heavy atom. The molecule has 1 aromatic carbocycles. The number of aromatic nitrogens is 1. The van der Waals surface area contributed by atoms with E-state index in [2.05, 4.69) is 10.6 Å². The van der Waals surface area contributed by atoms with Gasteiger partial charge in [0.2, 0.25) is 0 Å². The predicted octanol–water partition coefficient (Wildman–Crippen LogP) is 0.585. The molecule has 0 saturated heterocycles. The van der Waals surface area contributed by atoms with Gasteiger partial charge in [0.1, 0.15) is 19.3 Å². The lowest BCUT2D eigenvalue weighted by Crippen LogP contribution is -2.37. The standard InChI is InChI=1S/C17H19N3O5/c1-20-6-2-3-12(20)13(21)10-18-16(22)17(23)19-11-4-5-14-15(9-11)25-8-7-24-14/h2-6,9,13,21H,7-8,10H2,1H3,(H,18,22)(H,19,23)/t13-/m0/s1. The van der Waals surface area contributed by atoms with Crippen molar-refractivity contribution in [3.63, 3.8) is 0 Å². The normalized spacial score (nSPS) is 13.8. The maximum Gasteiger partial charge on any atom is 0.313 e. The number of benzene rings is 1. The molecule has 8 nitrogen and oxygen atoms in total. The third-order valence-corrected chi connectivity index (χ3v) is 3.79. The monoisotopic (exact) mass is 345 g/mol. The fraction of sp³-hybridized carbons (Fsp3) is 0.294. The first kappa shape index (κ1) is 16.8. The second-order valence-electron chi connectivity index (χ2n) is 5.58. The summed E-state index contributed by atoms with van der Waals surface area (Å²) in [6.45, 7) is 0.845. The molecule has 1 aromatic heterocycles. The second kappa shape index (κ2) is 7.27. The molecule has 0 saturated carbocycles. The van der Waals surface area contributed by atoms with Gasteiger partial charge in [-0.15, -0.1) is 0 Å². The first-order valence-corrected chi connectivity index (χ1v) is 7.82. The quantitative estimate of drug-likeness (QED) is 0.704. The minimum absolute atomic E-state index is 0.0642. The fourth-order valence-electron chi connectivity index (χ4n) is 2.50. The van der Waals surface area contributed by atoms with Crippen molar-refractivity contribution in [2.24, 2.45) is 7.05 Å². The molecular formula is C17H19N3O5. The van der Waals surface area contributed by atoms with E-state index in [1.54, 1.807) is 48.1 Å². The maximum atomic E-state index is 12.0. The SMILES string of the molecule is Cn1cccc1[C@@H](O)CNC(=O)C(=O)Nc1ccc2c(c1)OCCO2. The fourth-order valence-corrected chi connectivity index (χ4v) is 2.50. The Kier molecular flexibility index (Phi) is 4.90. The van der Waals surface area contributed by atoms with E-state index in [0.29, 0.717) is 36.1 Å². The van der Waals surface area contributed by atoms with E-state index in [4.69, 9.17) is 9.47 Å². The Labute approximate surface area is 144 Å². The number of hydrogen-bond donors (Lipinski definition) is 3. The average Bonchev–Trinajstić information content (AvgIpc) is 3.05. The molecular weight excluding hydrogens is 326 g/mol. The van der Waals surface area contributed by atoms with Crippen LogP contribution in [0.25, 0.3) is 0 Å². The zero-order chi connectivity index (χ0) is 17.8. The van der Waals surface area contributed by atoms with Gasteiger partial charge >= 0.3 is 11.8 Å². The zero-order valence-electron chi connectivity index (χ0n) is 13.7. The molecule has 0 bridgehead atoms. The van der Waals surface area contributed by atoms with Crippen LogP contribution in [0.1, 0.15) is 11.8 Å². The lowest BCUT2D eigenvalue weighted by Gasteiger charge is -2.19. The molecule has 0 spiro atoms. The van der Waals surface area contributed by atoms with Gasteiger partial charge in [0.05, 0.1) is 0 Å². The highest BCUT2D eigenvalue weighted by Gasteiger charge is 2.18. The van der Waals surface area contributed by atoms with Gasteiger partial charge in [0.15, 0.2) is 11.5 Å². The van der Waals surface area contributed by atoms with Crippen LogP contribution in [0.5, 0.6) is 11.5 Å². The van der Waals surface area contributed by atoms with Crippen molar-refractivity contribution >= 4 is 17.5 Å². The summed E-state index contributed by atoms with van der Waals surface area (Å²) < 4.78 is 12.6. The molecule has 132 valence electrons. The number of nitrogens with zero attached hydrogens (tertiary/aromatic N) is 1. The van der Waals surface area contributed by atoms with E-state index < -0.39 is 17.9 Å². The highest BCUT2D eigenvalue weighted by Crippen LogP contribution is 2.32. The molecule has 3 rings (SSSR count). The number of rotatable bonds is 4. The Hall–Kier alpha value is -3.00.